The summed E-state index contributed by atoms with van der Waals surface area (Å²) in [5.74, 6) is -0.536. The maximum Gasteiger partial charge on any atom is 0.322 e. The minimum absolute atomic E-state index is 0.0548. The third-order valence-corrected chi connectivity index (χ3v) is 6.46. The number of carbonyl (C=O) groups excluding carboxylic acids is 4. The van der Waals surface area contributed by atoms with Gasteiger partial charge in [0.05, 0.1) is 31.7 Å². The van der Waals surface area contributed by atoms with Crippen LogP contribution in [0.4, 0.5) is 4.79 Å². The lowest BCUT2D eigenvalue weighted by atomic mass is 9.88. The average Bonchev–Trinajstić information content (AvgIpc) is 3.38. The third kappa shape index (κ3) is 4.24. The number of nitrogens with one attached hydrogen (secondary N) is 3. The molecule has 11 nitrogen and oxygen atoms in total. The summed E-state index contributed by atoms with van der Waals surface area (Å²) in [6.45, 7) is 2.55. The van der Waals surface area contributed by atoms with Crippen molar-refractivity contribution in [3.63, 3.8) is 0 Å². The van der Waals surface area contributed by atoms with Gasteiger partial charge in [-0.25, -0.2) is 9.78 Å². The Kier molecular flexibility index (Phi) is 6.04. The van der Waals surface area contributed by atoms with Crippen LogP contribution in [-0.4, -0.2) is 58.8 Å². The molecule has 0 saturated carbocycles. The van der Waals surface area contributed by atoms with Crippen LogP contribution < -0.4 is 20.7 Å². The second-order valence-corrected chi connectivity index (χ2v) is 8.72. The molecule has 0 radical (unpaired) electrons. The SMILES string of the molecule is CCNC(=O)c1cnc(-c2ccc([C@]3(CN4Cc5ccc(OC)cc5C4=O)NC(=O)NC3=O)cc2)cn1. The molecule has 1 aromatic heterocycles. The largest absolute Gasteiger partial charge is 0.497 e. The summed E-state index contributed by atoms with van der Waals surface area (Å²) >= 11 is 0. The molecule has 3 aromatic rings. The van der Waals surface area contributed by atoms with Gasteiger partial charge in [-0.15, -0.1) is 0 Å². The van der Waals surface area contributed by atoms with Gasteiger partial charge in [-0.2, -0.15) is 0 Å². The Morgan fingerprint density at radius 3 is 2.51 bits per heavy atom. The van der Waals surface area contributed by atoms with Gasteiger partial charge in [0, 0.05) is 24.2 Å². The molecule has 188 valence electrons. The van der Waals surface area contributed by atoms with Crippen molar-refractivity contribution in [3.8, 4) is 17.0 Å². The zero-order chi connectivity index (χ0) is 26.2. The van der Waals surface area contributed by atoms with Crippen molar-refractivity contribution in [3.05, 3.63) is 77.2 Å². The zero-order valence-corrected chi connectivity index (χ0v) is 20.2. The highest BCUT2D eigenvalue weighted by molar-refractivity contribution is 6.08. The van der Waals surface area contributed by atoms with Crippen molar-refractivity contribution in [1.29, 1.82) is 0 Å². The molecule has 11 heteroatoms. The van der Waals surface area contributed by atoms with E-state index < -0.39 is 17.5 Å². The summed E-state index contributed by atoms with van der Waals surface area (Å²) < 4.78 is 5.23. The fourth-order valence-electron chi connectivity index (χ4n) is 4.55. The average molecular weight is 501 g/mol. The summed E-state index contributed by atoms with van der Waals surface area (Å²) in [5.41, 5.74) is 1.81. The standard InChI is InChI=1S/C26H24N6O5/c1-3-27-22(33)21-12-28-20(11-29-21)15-4-7-17(8-5-15)26(24(35)30-25(36)31-26)14-32-13-16-6-9-18(37-2)10-19(16)23(32)34/h4-12H,3,13-14H2,1-2H3,(H,27,33)(H2,30,31,35,36)/t26-/m0/s1. The number of ether oxygens (including phenoxy) is 1. The van der Waals surface area contributed by atoms with Crippen LogP contribution in [0.2, 0.25) is 0 Å². The van der Waals surface area contributed by atoms with E-state index in [0.29, 0.717) is 41.2 Å². The zero-order valence-electron chi connectivity index (χ0n) is 20.2. The quantitative estimate of drug-likeness (QED) is 0.418. The van der Waals surface area contributed by atoms with Gasteiger partial charge in [0.15, 0.2) is 5.54 Å². The van der Waals surface area contributed by atoms with Gasteiger partial charge in [0.25, 0.3) is 17.7 Å². The van der Waals surface area contributed by atoms with Crippen molar-refractivity contribution in [1.82, 2.24) is 30.8 Å². The van der Waals surface area contributed by atoms with Gasteiger partial charge in [-0.1, -0.05) is 30.3 Å². The van der Waals surface area contributed by atoms with Crippen LogP contribution >= 0.6 is 0 Å². The number of hydrogen-bond donors (Lipinski definition) is 3. The van der Waals surface area contributed by atoms with E-state index >= 15 is 0 Å². The molecule has 3 N–H and O–H groups in total. The molecule has 2 aliphatic rings. The van der Waals surface area contributed by atoms with E-state index in [1.165, 1.54) is 24.4 Å². The lowest BCUT2D eigenvalue weighted by Crippen LogP contribution is -2.52. The Morgan fingerprint density at radius 1 is 1.11 bits per heavy atom. The minimum Gasteiger partial charge on any atom is -0.497 e. The highest BCUT2D eigenvalue weighted by Gasteiger charge is 2.50. The summed E-state index contributed by atoms with van der Waals surface area (Å²) in [6.07, 6.45) is 2.89. The van der Waals surface area contributed by atoms with Crippen molar-refractivity contribution >= 4 is 23.8 Å². The fraction of sp³-hybridized carbons (Fsp3) is 0.231. The van der Waals surface area contributed by atoms with Crippen molar-refractivity contribution in [2.75, 3.05) is 20.2 Å². The molecule has 0 bridgehead atoms. The summed E-state index contributed by atoms with van der Waals surface area (Å²) in [4.78, 5) is 60.4. The monoisotopic (exact) mass is 500 g/mol. The topological polar surface area (TPSA) is 143 Å². The number of fused-ring (bicyclic) bond motifs is 1. The number of urea groups is 1. The molecule has 1 atom stereocenters. The van der Waals surface area contributed by atoms with Gasteiger partial charge in [-0.05, 0) is 30.2 Å². The first-order valence-electron chi connectivity index (χ1n) is 11.7. The van der Waals surface area contributed by atoms with Crippen LogP contribution in [0.1, 0.15) is 38.9 Å². The Balaban J connectivity index is 1.42. The number of aromatic nitrogens is 2. The van der Waals surface area contributed by atoms with Crippen molar-refractivity contribution < 1.29 is 23.9 Å². The van der Waals surface area contributed by atoms with E-state index in [1.807, 2.05) is 13.0 Å². The first-order chi connectivity index (χ1) is 17.8. The summed E-state index contributed by atoms with van der Waals surface area (Å²) in [7, 11) is 1.53. The number of carbonyl (C=O) groups is 4. The first-order valence-corrected chi connectivity index (χ1v) is 11.7. The normalized spacial score (nSPS) is 18.3. The molecule has 2 aromatic carbocycles. The molecule has 1 saturated heterocycles. The van der Waals surface area contributed by atoms with Gasteiger partial charge in [-0.3, -0.25) is 24.7 Å². The maximum absolute atomic E-state index is 13.2. The minimum atomic E-state index is -1.47. The maximum atomic E-state index is 13.2. The molecule has 1 fully saturated rings. The predicted molar refractivity (Wildman–Crippen MR) is 132 cm³/mol. The van der Waals surface area contributed by atoms with Gasteiger partial charge in [0.2, 0.25) is 0 Å². The van der Waals surface area contributed by atoms with Crippen LogP contribution in [0.5, 0.6) is 5.75 Å². The molecular formula is C26H24N6O5. The number of amides is 5. The summed E-state index contributed by atoms with van der Waals surface area (Å²) in [5, 5.41) is 7.70. The van der Waals surface area contributed by atoms with E-state index in [0.717, 1.165) is 5.56 Å². The molecule has 37 heavy (non-hydrogen) atoms. The molecule has 0 aliphatic carbocycles. The number of methoxy groups -OCH3 is 1. The molecule has 0 spiro atoms. The lowest BCUT2D eigenvalue weighted by molar-refractivity contribution is -0.124. The summed E-state index contributed by atoms with van der Waals surface area (Å²) in [6, 6.07) is 11.5. The van der Waals surface area contributed by atoms with E-state index in [-0.39, 0.29) is 24.1 Å². The molecule has 5 rings (SSSR count). The van der Waals surface area contributed by atoms with Crippen LogP contribution in [0.25, 0.3) is 11.3 Å². The van der Waals surface area contributed by atoms with Crippen LogP contribution in [0.15, 0.2) is 54.9 Å². The van der Waals surface area contributed by atoms with Crippen molar-refractivity contribution in [2.45, 2.75) is 19.0 Å². The van der Waals surface area contributed by atoms with E-state index in [1.54, 1.807) is 36.4 Å². The second kappa shape index (κ2) is 9.34. The Morgan fingerprint density at radius 2 is 1.89 bits per heavy atom. The number of rotatable bonds is 7. The van der Waals surface area contributed by atoms with E-state index in [2.05, 4.69) is 25.9 Å². The number of nitrogens with zero attached hydrogens (tertiary/aromatic N) is 3. The Bertz CT molecular complexity index is 1410. The van der Waals surface area contributed by atoms with Gasteiger partial charge < -0.3 is 20.3 Å². The second-order valence-electron chi connectivity index (χ2n) is 8.72. The van der Waals surface area contributed by atoms with E-state index in [9.17, 15) is 19.2 Å². The number of imide groups is 1. The number of hydrogen-bond acceptors (Lipinski definition) is 7. The highest BCUT2D eigenvalue weighted by atomic mass is 16.5. The third-order valence-electron chi connectivity index (χ3n) is 6.46. The molecule has 3 heterocycles. The first kappa shape index (κ1) is 23.9. The lowest BCUT2D eigenvalue weighted by Gasteiger charge is -2.31. The smallest absolute Gasteiger partial charge is 0.322 e. The number of benzene rings is 2. The molecule has 5 amide bonds. The molecule has 2 aliphatic heterocycles. The van der Waals surface area contributed by atoms with Crippen LogP contribution in [0.3, 0.4) is 0 Å². The Hall–Kier alpha value is -4.80. The van der Waals surface area contributed by atoms with E-state index in [4.69, 9.17) is 4.74 Å². The van der Waals surface area contributed by atoms with Crippen LogP contribution in [0, 0.1) is 0 Å². The van der Waals surface area contributed by atoms with Gasteiger partial charge >= 0.3 is 6.03 Å². The fourth-order valence-corrected chi connectivity index (χ4v) is 4.55. The predicted octanol–water partition coefficient (Wildman–Crippen LogP) is 1.59. The van der Waals surface area contributed by atoms with Crippen LogP contribution in [-0.2, 0) is 16.9 Å². The van der Waals surface area contributed by atoms with Crippen molar-refractivity contribution in [2.24, 2.45) is 0 Å². The molecular weight excluding hydrogens is 476 g/mol. The van der Waals surface area contributed by atoms with Gasteiger partial charge in [0.1, 0.15) is 11.4 Å². The Labute approximate surface area is 212 Å². The molecule has 0 unspecified atom stereocenters. The highest BCUT2D eigenvalue weighted by Crippen LogP contribution is 2.33.